The summed E-state index contributed by atoms with van der Waals surface area (Å²) >= 11 is 0. The second-order valence-electron chi connectivity index (χ2n) is 7.31. The molecule has 1 N–H and O–H groups in total. The third-order valence-electron chi connectivity index (χ3n) is 5.82. The number of hydrogen-bond acceptors (Lipinski definition) is 2. The molecule has 1 aliphatic heterocycles. The zero-order valence-corrected chi connectivity index (χ0v) is 13.5. The summed E-state index contributed by atoms with van der Waals surface area (Å²) in [7, 11) is 2.27. The predicted molar refractivity (Wildman–Crippen MR) is 83.4 cm³/mol. The minimum atomic E-state index is 0.740. The van der Waals surface area contributed by atoms with Gasteiger partial charge in [0.05, 0.1) is 0 Å². The minimum absolute atomic E-state index is 0.740. The Morgan fingerprint density at radius 2 is 1.68 bits per heavy atom. The lowest BCUT2D eigenvalue weighted by Gasteiger charge is -2.41. The molecule has 0 bridgehead atoms. The first kappa shape index (κ1) is 15.3. The Morgan fingerprint density at radius 3 is 2.32 bits per heavy atom. The standard InChI is InChI=1S/C17H34N2/c1-5-15-6-8-16(9-7-15)11-18-17-10-14(3)19(4)12-13(17)2/h13-18H,5-12H2,1-4H3. The highest BCUT2D eigenvalue weighted by molar-refractivity contribution is 4.87. The molecule has 0 amide bonds. The molecular formula is C17H34N2. The van der Waals surface area contributed by atoms with Crippen molar-refractivity contribution in [2.24, 2.45) is 17.8 Å². The fourth-order valence-electron chi connectivity index (χ4n) is 3.99. The number of nitrogens with one attached hydrogen (secondary N) is 1. The summed E-state index contributed by atoms with van der Waals surface area (Å²) in [4.78, 5) is 2.51. The largest absolute Gasteiger partial charge is 0.313 e. The van der Waals surface area contributed by atoms with Gasteiger partial charge < -0.3 is 10.2 Å². The van der Waals surface area contributed by atoms with E-state index in [0.29, 0.717) is 0 Å². The molecule has 1 aliphatic carbocycles. The van der Waals surface area contributed by atoms with Gasteiger partial charge in [-0.15, -0.1) is 0 Å². The van der Waals surface area contributed by atoms with Crippen molar-refractivity contribution in [2.75, 3.05) is 20.1 Å². The summed E-state index contributed by atoms with van der Waals surface area (Å²) in [5.41, 5.74) is 0. The van der Waals surface area contributed by atoms with Crippen LogP contribution in [0.4, 0.5) is 0 Å². The zero-order valence-electron chi connectivity index (χ0n) is 13.5. The lowest BCUT2D eigenvalue weighted by atomic mass is 9.80. The van der Waals surface area contributed by atoms with E-state index < -0.39 is 0 Å². The summed E-state index contributed by atoms with van der Waals surface area (Å²) < 4.78 is 0. The van der Waals surface area contributed by atoms with Crippen LogP contribution in [0.2, 0.25) is 0 Å². The fourth-order valence-corrected chi connectivity index (χ4v) is 3.99. The van der Waals surface area contributed by atoms with E-state index in [4.69, 9.17) is 0 Å². The average molecular weight is 266 g/mol. The third-order valence-corrected chi connectivity index (χ3v) is 5.82. The van der Waals surface area contributed by atoms with E-state index in [9.17, 15) is 0 Å². The van der Waals surface area contributed by atoms with Gasteiger partial charge in [-0.05, 0) is 57.5 Å². The van der Waals surface area contributed by atoms with Gasteiger partial charge in [0.15, 0.2) is 0 Å². The van der Waals surface area contributed by atoms with Crippen LogP contribution in [-0.4, -0.2) is 37.1 Å². The van der Waals surface area contributed by atoms with Gasteiger partial charge in [0.2, 0.25) is 0 Å². The van der Waals surface area contributed by atoms with Gasteiger partial charge in [0.1, 0.15) is 0 Å². The molecule has 0 aromatic carbocycles. The summed E-state index contributed by atoms with van der Waals surface area (Å²) in [6.07, 6.45) is 8.58. The van der Waals surface area contributed by atoms with Crippen LogP contribution in [0.5, 0.6) is 0 Å². The topological polar surface area (TPSA) is 15.3 Å². The maximum Gasteiger partial charge on any atom is 0.0120 e. The SMILES string of the molecule is CCC1CCC(CNC2CC(C)N(C)CC2C)CC1. The molecule has 1 saturated carbocycles. The van der Waals surface area contributed by atoms with Gasteiger partial charge in [-0.1, -0.05) is 33.1 Å². The van der Waals surface area contributed by atoms with Crippen molar-refractivity contribution in [3.63, 3.8) is 0 Å². The van der Waals surface area contributed by atoms with Gasteiger partial charge in [0.25, 0.3) is 0 Å². The van der Waals surface area contributed by atoms with Crippen molar-refractivity contribution < 1.29 is 0 Å². The molecule has 2 aliphatic rings. The van der Waals surface area contributed by atoms with Crippen LogP contribution in [0.1, 0.15) is 59.3 Å². The van der Waals surface area contributed by atoms with E-state index in [1.54, 1.807) is 0 Å². The number of nitrogens with zero attached hydrogens (tertiary/aromatic N) is 1. The quantitative estimate of drug-likeness (QED) is 0.837. The Balaban J connectivity index is 1.70. The maximum atomic E-state index is 3.90. The molecule has 2 heteroatoms. The van der Waals surface area contributed by atoms with E-state index in [2.05, 4.69) is 38.0 Å². The number of rotatable bonds is 4. The van der Waals surface area contributed by atoms with E-state index in [1.165, 1.54) is 51.6 Å². The Kier molecular flexibility index (Phi) is 5.70. The highest BCUT2D eigenvalue weighted by atomic mass is 15.2. The van der Waals surface area contributed by atoms with E-state index in [0.717, 1.165) is 29.8 Å². The Bertz CT molecular complexity index is 258. The summed E-state index contributed by atoms with van der Waals surface area (Å²) in [6.45, 7) is 9.65. The van der Waals surface area contributed by atoms with Crippen molar-refractivity contribution in [1.29, 1.82) is 0 Å². The molecule has 2 rings (SSSR count). The fraction of sp³-hybridized carbons (Fsp3) is 1.00. The van der Waals surface area contributed by atoms with Crippen LogP contribution in [0.15, 0.2) is 0 Å². The van der Waals surface area contributed by atoms with Crippen LogP contribution in [0.3, 0.4) is 0 Å². The molecule has 0 aromatic heterocycles. The molecule has 2 nitrogen and oxygen atoms in total. The van der Waals surface area contributed by atoms with Crippen molar-refractivity contribution in [3.05, 3.63) is 0 Å². The monoisotopic (exact) mass is 266 g/mol. The molecule has 1 saturated heterocycles. The first-order valence-corrected chi connectivity index (χ1v) is 8.53. The number of piperidine rings is 1. The first-order valence-electron chi connectivity index (χ1n) is 8.53. The highest BCUT2D eigenvalue weighted by Gasteiger charge is 2.29. The zero-order chi connectivity index (χ0) is 13.8. The Hall–Kier alpha value is -0.0800. The molecule has 3 unspecified atom stereocenters. The molecule has 0 radical (unpaired) electrons. The van der Waals surface area contributed by atoms with E-state index in [-0.39, 0.29) is 0 Å². The van der Waals surface area contributed by atoms with Crippen LogP contribution >= 0.6 is 0 Å². The van der Waals surface area contributed by atoms with Crippen LogP contribution < -0.4 is 5.32 Å². The van der Waals surface area contributed by atoms with Crippen molar-refractivity contribution >= 4 is 0 Å². The average Bonchev–Trinajstić information content (AvgIpc) is 2.42. The lowest BCUT2D eigenvalue weighted by molar-refractivity contribution is 0.116. The van der Waals surface area contributed by atoms with E-state index in [1.807, 2.05) is 0 Å². The van der Waals surface area contributed by atoms with Crippen molar-refractivity contribution in [1.82, 2.24) is 10.2 Å². The van der Waals surface area contributed by atoms with Gasteiger partial charge in [-0.3, -0.25) is 0 Å². The number of likely N-dealkylation sites (tertiary alicyclic amines) is 1. The predicted octanol–water partition coefficient (Wildman–Crippen LogP) is 3.52. The van der Waals surface area contributed by atoms with E-state index >= 15 is 0 Å². The highest BCUT2D eigenvalue weighted by Crippen LogP contribution is 2.30. The third kappa shape index (κ3) is 4.19. The van der Waals surface area contributed by atoms with Crippen molar-refractivity contribution in [3.8, 4) is 0 Å². The second-order valence-corrected chi connectivity index (χ2v) is 7.31. The molecular weight excluding hydrogens is 232 g/mol. The first-order chi connectivity index (χ1) is 9.10. The van der Waals surface area contributed by atoms with Gasteiger partial charge >= 0.3 is 0 Å². The second kappa shape index (κ2) is 7.08. The molecule has 112 valence electrons. The lowest BCUT2D eigenvalue weighted by Crippen LogP contribution is -2.51. The Morgan fingerprint density at radius 1 is 1.05 bits per heavy atom. The summed E-state index contributed by atoms with van der Waals surface area (Å²) in [5.74, 6) is 2.77. The summed E-state index contributed by atoms with van der Waals surface area (Å²) in [5, 5.41) is 3.90. The molecule has 1 heterocycles. The van der Waals surface area contributed by atoms with Gasteiger partial charge in [-0.2, -0.15) is 0 Å². The van der Waals surface area contributed by atoms with Gasteiger partial charge in [0, 0.05) is 18.6 Å². The smallest absolute Gasteiger partial charge is 0.0120 e. The maximum absolute atomic E-state index is 3.90. The molecule has 19 heavy (non-hydrogen) atoms. The van der Waals surface area contributed by atoms with Crippen molar-refractivity contribution in [2.45, 2.75) is 71.4 Å². The van der Waals surface area contributed by atoms with Crippen LogP contribution in [-0.2, 0) is 0 Å². The Labute approximate surface area is 120 Å². The van der Waals surface area contributed by atoms with Crippen LogP contribution in [0, 0.1) is 17.8 Å². The van der Waals surface area contributed by atoms with Crippen LogP contribution in [0.25, 0.3) is 0 Å². The normalized spacial score (nSPS) is 41.4. The molecule has 0 spiro atoms. The molecule has 3 atom stereocenters. The molecule has 2 fully saturated rings. The molecule has 0 aromatic rings. The number of hydrogen-bond donors (Lipinski definition) is 1. The van der Waals surface area contributed by atoms with Gasteiger partial charge in [-0.25, -0.2) is 0 Å². The summed E-state index contributed by atoms with van der Waals surface area (Å²) in [6, 6.07) is 1.49. The minimum Gasteiger partial charge on any atom is -0.313 e.